The molecule has 0 saturated heterocycles. The fourth-order valence-corrected chi connectivity index (χ4v) is 3.48. The Balaban J connectivity index is 1.61. The maximum Gasteiger partial charge on any atom is 0.0509 e. The maximum atomic E-state index is 4.97. The van der Waals surface area contributed by atoms with E-state index in [1.807, 2.05) is 0 Å². The van der Waals surface area contributed by atoms with Crippen LogP contribution in [0.3, 0.4) is 0 Å². The molecule has 2 aliphatic rings. The summed E-state index contributed by atoms with van der Waals surface area (Å²) in [5.74, 6) is 0.961. The Morgan fingerprint density at radius 2 is 1.72 bits per heavy atom. The standard InChI is InChI=1S/C17H23N/c1-3-7-14(8-4-1)13-16-11-12-17(18-16)15-9-5-2-6-10-15/h2,5-6,9-10,14,16H,1,3-4,7-8,11-13H2/t16-/m0/s1. The van der Waals surface area contributed by atoms with Gasteiger partial charge in [-0.3, -0.25) is 4.99 Å². The fraction of sp³-hybridized carbons (Fsp3) is 0.588. The largest absolute Gasteiger partial charge is 0.286 e. The van der Waals surface area contributed by atoms with Crippen LogP contribution in [0.1, 0.15) is 56.9 Å². The SMILES string of the molecule is c1ccc(C2=N[C@H](CC3CCCCC3)CC2)cc1. The van der Waals surface area contributed by atoms with Crippen LogP contribution in [0.15, 0.2) is 35.3 Å². The Kier molecular flexibility index (Phi) is 3.78. The molecule has 96 valence electrons. The van der Waals surface area contributed by atoms with E-state index in [1.165, 1.54) is 62.6 Å². The van der Waals surface area contributed by atoms with Crippen LogP contribution in [-0.4, -0.2) is 11.8 Å². The number of aliphatic imine (C=N–C) groups is 1. The topological polar surface area (TPSA) is 12.4 Å². The molecule has 1 nitrogen and oxygen atoms in total. The van der Waals surface area contributed by atoms with Crippen LogP contribution < -0.4 is 0 Å². The minimum Gasteiger partial charge on any atom is -0.286 e. The van der Waals surface area contributed by atoms with Crippen LogP contribution in [0.2, 0.25) is 0 Å². The Labute approximate surface area is 110 Å². The molecule has 1 heterocycles. The van der Waals surface area contributed by atoms with E-state index >= 15 is 0 Å². The van der Waals surface area contributed by atoms with Gasteiger partial charge in [0.2, 0.25) is 0 Å². The molecule has 0 spiro atoms. The zero-order valence-electron chi connectivity index (χ0n) is 11.1. The number of benzene rings is 1. The molecule has 3 rings (SSSR count). The summed E-state index contributed by atoms with van der Waals surface area (Å²) in [6, 6.07) is 11.3. The van der Waals surface area contributed by atoms with Crippen molar-refractivity contribution in [2.45, 2.75) is 57.4 Å². The minimum atomic E-state index is 0.614. The molecule has 1 aliphatic carbocycles. The summed E-state index contributed by atoms with van der Waals surface area (Å²) < 4.78 is 0. The minimum absolute atomic E-state index is 0.614. The Morgan fingerprint density at radius 3 is 2.50 bits per heavy atom. The highest BCUT2D eigenvalue weighted by molar-refractivity contribution is 6.01. The summed E-state index contributed by atoms with van der Waals surface area (Å²) in [4.78, 5) is 4.97. The van der Waals surface area contributed by atoms with E-state index in [-0.39, 0.29) is 0 Å². The lowest BCUT2D eigenvalue weighted by atomic mass is 9.84. The monoisotopic (exact) mass is 241 g/mol. The smallest absolute Gasteiger partial charge is 0.0509 e. The van der Waals surface area contributed by atoms with Crippen LogP contribution in [0, 0.1) is 5.92 Å². The van der Waals surface area contributed by atoms with Crippen molar-refractivity contribution in [3.63, 3.8) is 0 Å². The summed E-state index contributed by atoms with van der Waals surface area (Å²) in [5.41, 5.74) is 2.68. The van der Waals surface area contributed by atoms with Gasteiger partial charge in [0, 0.05) is 5.71 Å². The molecule has 0 bridgehead atoms. The van der Waals surface area contributed by atoms with E-state index in [0.29, 0.717) is 6.04 Å². The second-order valence-corrected chi connectivity index (χ2v) is 5.87. The van der Waals surface area contributed by atoms with Gasteiger partial charge in [-0.2, -0.15) is 0 Å². The lowest BCUT2D eigenvalue weighted by molar-refractivity contribution is 0.318. The number of hydrogen-bond donors (Lipinski definition) is 0. The van der Waals surface area contributed by atoms with Crippen LogP contribution in [0.5, 0.6) is 0 Å². The van der Waals surface area contributed by atoms with Crippen molar-refractivity contribution in [3.05, 3.63) is 35.9 Å². The molecule has 18 heavy (non-hydrogen) atoms. The Morgan fingerprint density at radius 1 is 0.944 bits per heavy atom. The molecular weight excluding hydrogens is 218 g/mol. The molecule has 0 aromatic heterocycles. The molecule has 1 saturated carbocycles. The van der Waals surface area contributed by atoms with E-state index in [1.54, 1.807) is 0 Å². The van der Waals surface area contributed by atoms with E-state index in [9.17, 15) is 0 Å². The zero-order chi connectivity index (χ0) is 12.2. The Bertz CT molecular complexity index is 401. The first-order valence-electron chi connectivity index (χ1n) is 7.54. The van der Waals surface area contributed by atoms with Crippen molar-refractivity contribution in [3.8, 4) is 0 Å². The maximum absolute atomic E-state index is 4.97. The van der Waals surface area contributed by atoms with Gasteiger partial charge in [0.15, 0.2) is 0 Å². The van der Waals surface area contributed by atoms with Gasteiger partial charge in [-0.1, -0.05) is 62.4 Å². The molecular formula is C17H23N. The summed E-state index contributed by atoms with van der Waals surface area (Å²) >= 11 is 0. The van der Waals surface area contributed by atoms with Gasteiger partial charge in [0.1, 0.15) is 0 Å². The van der Waals surface area contributed by atoms with Gasteiger partial charge < -0.3 is 0 Å². The van der Waals surface area contributed by atoms with Crippen LogP contribution in [0.25, 0.3) is 0 Å². The molecule has 1 heteroatoms. The van der Waals surface area contributed by atoms with Crippen molar-refractivity contribution in [2.75, 3.05) is 0 Å². The predicted molar refractivity (Wildman–Crippen MR) is 77.2 cm³/mol. The summed E-state index contributed by atoms with van der Waals surface area (Å²) in [6.45, 7) is 0. The van der Waals surface area contributed by atoms with E-state index in [2.05, 4.69) is 30.3 Å². The first-order valence-corrected chi connectivity index (χ1v) is 7.54. The highest BCUT2D eigenvalue weighted by atomic mass is 14.8. The van der Waals surface area contributed by atoms with Crippen LogP contribution >= 0.6 is 0 Å². The van der Waals surface area contributed by atoms with Gasteiger partial charge in [0.25, 0.3) is 0 Å². The van der Waals surface area contributed by atoms with Crippen LogP contribution in [-0.2, 0) is 0 Å². The highest BCUT2D eigenvalue weighted by Crippen LogP contribution is 2.31. The van der Waals surface area contributed by atoms with Crippen molar-refractivity contribution in [1.82, 2.24) is 0 Å². The average molecular weight is 241 g/mol. The molecule has 1 atom stereocenters. The molecule has 0 amide bonds. The molecule has 1 aliphatic heterocycles. The third-order valence-corrected chi connectivity index (χ3v) is 4.49. The van der Waals surface area contributed by atoms with Gasteiger partial charge in [-0.25, -0.2) is 0 Å². The normalized spacial score (nSPS) is 25.1. The van der Waals surface area contributed by atoms with Crippen molar-refractivity contribution in [1.29, 1.82) is 0 Å². The van der Waals surface area contributed by atoms with Gasteiger partial charge in [-0.05, 0) is 30.7 Å². The van der Waals surface area contributed by atoms with Gasteiger partial charge in [0.05, 0.1) is 6.04 Å². The Hall–Kier alpha value is -1.11. The highest BCUT2D eigenvalue weighted by Gasteiger charge is 2.23. The first kappa shape index (κ1) is 12.0. The predicted octanol–water partition coefficient (Wildman–Crippen LogP) is 4.61. The van der Waals surface area contributed by atoms with Gasteiger partial charge in [-0.15, -0.1) is 0 Å². The van der Waals surface area contributed by atoms with Gasteiger partial charge >= 0.3 is 0 Å². The molecule has 0 N–H and O–H groups in total. The molecule has 1 fully saturated rings. The third kappa shape index (κ3) is 2.82. The van der Waals surface area contributed by atoms with E-state index in [4.69, 9.17) is 4.99 Å². The lowest BCUT2D eigenvalue weighted by Crippen LogP contribution is -2.12. The van der Waals surface area contributed by atoms with Crippen molar-refractivity contribution >= 4 is 5.71 Å². The third-order valence-electron chi connectivity index (χ3n) is 4.49. The zero-order valence-corrected chi connectivity index (χ0v) is 11.1. The second-order valence-electron chi connectivity index (χ2n) is 5.87. The first-order chi connectivity index (χ1) is 8.92. The molecule has 1 aromatic rings. The van der Waals surface area contributed by atoms with Crippen molar-refractivity contribution in [2.24, 2.45) is 10.9 Å². The number of rotatable bonds is 3. The summed E-state index contributed by atoms with van der Waals surface area (Å²) in [6.07, 6.45) is 11.1. The average Bonchev–Trinajstić information content (AvgIpc) is 2.89. The summed E-state index contributed by atoms with van der Waals surface area (Å²) in [5, 5.41) is 0. The fourth-order valence-electron chi connectivity index (χ4n) is 3.48. The lowest BCUT2D eigenvalue weighted by Gasteiger charge is -2.23. The number of nitrogens with zero attached hydrogens (tertiary/aromatic N) is 1. The van der Waals surface area contributed by atoms with Crippen molar-refractivity contribution < 1.29 is 0 Å². The quantitative estimate of drug-likeness (QED) is 0.733. The molecule has 0 radical (unpaired) electrons. The molecule has 1 aromatic carbocycles. The van der Waals surface area contributed by atoms with Crippen LogP contribution in [0.4, 0.5) is 0 Å². The van der Waals surface area contributed by atoms with E-state index in [0.717, 1.165) is 5.92 Å². The molecule has 0 unspecified atom stereocenters. The van der Waals surface area contributed by atoms with E-state index < -0.39 is 0 Å². The summed E-state index contributed by atoms with van der Waals surface area (Å²) in [7, 11) is 0. The second kappa shape index (κ2) is 5.69. The number of hydrogen-bond acceptors (Lipinski definition) is 1.